The van der Waals surface area contributed by atoms with Crippen LogP contribution in [0.2, 0.25) is 0 Å². The Balaban J connectivity index is -0.000000221. The number of rotatable bonds is 4. The maximum Gasteiger partial charge on any atom is 0.334 e. The fourth-order valence-corrected chi connectivity index (χ4v) is 0.669. The molecule has 0 aromatic rings. The molecule has 120 valence electrons. The van der Waals surface area contributed by atoms with E-state index in [4.69, 9.17) is 5.11 Å². The minimum Gasteiger partial charge on any atom is -0.466 e. The number of hydrogen-bond donors (Lipinski definition) is 1. The second-order valence-electron chi connectivity index (χ2n) is 3.28. The summed E-state index contributed by atoms with van der Waals surface area (Å²) in [5.41, 5.74) is 0. The van der Waals surface area contributed by atoms with Crippen molar-refractivity contribution < 1.29 is 33.7 Å². The van der Waals surface area contributed by atoms with Gasteiger partial charge in [-0.3, -0.25) is 9.59 Å². The summed E-state index contributed by atoms with van der Waals surface area (Å²) < 4.78 is 13.2. The molecule has 0 saturated carbocycles. The van der Waals surface area contributed by atoms with E-state index in [0.29, 0.717) is 19.8 Å². The Hall–Kier alpha value is -1.63. The van der Waals surface area contributed by atoms with Gasteiger partial charge in [0.2, 0.25) is 0 Å². The average Bonchev–Trinajstić information content (AvgIpc) is 2.30. The van der Waals surface area contributed by atoms with E-state index in [1.165, 1.54) is 20.8 Å². The van der Waals surface area contributed by atoms with Crippen LogP contribution >= 0.6 is 0 Å². The largest absolute Gasteiger partial charge is 0.466 e. The summed E-state index contributed by atoms with van der Waals surface area (Å²) in [7, 11) is 0. The lowest BCUT2D eigenvalue weighted by Gasteiger charge is -2.01. The molecular weight excluding hydrogens is 268 g/mol. The van der Waals surface area contributed by atoms with Crippen LogP contribution in [0, 0.1) is 0 Å². The molecule has 0 amide bonds. The SMILES string of the molecule is CCOC(=O)C(C)O.CCOC(C)=O.CCOC(C)=O. The van der Waals surface area contributed by atoms with Crippen molar-refractivity contribution >= 4 is 17.9 Å². The number of carbonyl (C=O) groups is 3. The first-order valence-corrected chi connectivity index (χ1v) is 6.34. The highest BCUT2D eigenvalue weighted by molar-refractivity contribution is 5.73. The lowest BCUT2D eigenvalue weighted by Crippen LogP contribution is -2.18. The van der Waals surface area contributed by atoms with Gasteiger partial charge in [-0.05, 0) is 27.7 Å². The Labute approximate surface area is 120 Å². The zero-order valence-corrected chi connectivity index (χ0v) is 13.1. The van der Waals surface area contributed by atoms with Crippen LogP contribution in [-0.2, 0) is 28.6 Å². The summed E-state index contributed by atoms with van der Waals surface area (Å²) in [4.78, 5) is 29.9. The van der Waals surface area contributed by atoms with Gasteiger partial charge in [-0.25, -0.2) is 4.79 Å². The van der Waals surface area contributed by atoms with Crippen molar-refractivity contribution in [2.45, 2.75) is 47.6 Å². The minimum absolute atomic E-state index is 0.211. The summed E-state index contributed by atoms with van der Waals surface area (Å²) in [6.07, 6.45) is -0.991. The number of carbonyl (C=O) groups excluding carboxylic acids is 3. The summed E-state index contributed by atoms with van der Waals surface area (Å²) in [6, 6.07) is 0. The van der Waals surface area contributed by atoms with Gasteiger partial charge in [0, 0.05) is 13.8 Å². The van der Waals surface area contributed by atoms with Gasteiger partial charge in [0.25, 0.3) is 0 Å². The van der Waals surface area contributed by atoms with Crippen molar-refractivity contribution in [3.05, 3.63) is 0 Å². The molecule has 0 heterocycles. The third-order valence-corrected chi connectivity index (χ3v) is 1.32. The first kappa shape index (κ1) is 23.5. The molecule has 0 aliphatic heterocycles. The fourth-order valence-electron chi connectivity index (χ4n) is 0.669. The second kappa shape index (κ2) is 17.4. The maximum atomic E-state index is 10.3. The Morgan fingerprint density at radius 2 is 1.15 bits per heavy atom. The van der Waals surface area contributed by atoms with Gasteiger partial charge in [0.1, 0.15) is 6.10 Å². The van der Waals surface area contributed by atoms with E-state index in [1.54, 1.807) is 20.8 Å². The van der Waals surface area contributed by atoms with E-state index in [1.807, 2.05) is 0 Å². The van der Waals surface area contributed by atoms with Crippen molar-refractivity contribution in [1.82, 2.24) is 0 Å². The summed E-state index contributed by atoms with van der Waals surface area (Å²) >= 11 is 0. The Morgan fingerprint density at radius 3 is 1.20 bits per heavy atom. The lowest BCUT2D eigenvalue weighted by atomic mass is 10.4. The van der Waals surface area contributed by atoms with Crippen LogP contribution in [0.5, 0.6) is 0 Å². The van der Waals surface area contributed by atoms with Gasteiger partial charge in [0.15, 0.2) is 0 Å². The zero-order valence-electron chi connectivity index (χ0n) is 13.1. The zero-order chi connectivity index (χ0) is 16.6. The Kier molecular flexibility index (Phi) is 20.4. The molecule has 1 unspecified atom stereocenters. The molecule has 0 spiro atoms. The molecule has 20 heavy (non-hydrogen) atoms. The summed E-state index contributed by atoms with van der Waals surface area (Å²) in [5.74, 6) is -0.984. The third-order valence-electron chi connectivity index (χ3n) is 1.32. The first-order valence-electron chi connectivity index (χ1n) is 6.34. The highest BCUT2D eigenvalue weighted by Crippen LogP contribution is 1.84. The van der Waals surface area contributed by atoms with Crippen LogP contribution < -0.4 is 0 Å². The molecule has 0 aliphatic carbocycles. The van der Waals surface area contributed by atoms with Gasteiger partial charge >= 0.3 is 17.9 Å². The van der Waals surface area contributed by atoms with Crippen LogP contribution in [-0.4, -0.2) is 48.9 Å². The minimum atomic E-state index is -0.991. The van der Waals surface area contributed by atoms with Crippen LogP contribution in [0.4, 0.5) is 0 Å². The van der Waals surface area contributed by atoms with Gasteiger partial charge in [-0.2, -0.15) is 0 Å². The van der Waals surface area contributed by atoms with E-state index in [2.05, 4.69) is 14.2 Å². The van der Waals surface area contributed by atoms with Crippen molar-refractivity contribution in [3.63, 3.8) is 0 Å². The normalized spacial score (nSPS) is 9.75. The molecule has 1 N–H and O–H groups in total. The predicted octanol–water partition coefficient (Wildman–Crippen LogP) is 1.07. The van der Waals surface area contributed by atoms with E-state index in [0.717, 1.165) is 0 Å². The van der Waals surface area contributed by atoms with Gasteiger partial charge in [-0.15, -0.1) is 0 Å². The van der Waals surface area contributed by atoms with Crippen molar-refractivity contribution in [1.29, 1.82) is 0 Å². The van der Waals surface area contributed by atoms with Crippen LogP contribution in [0.25, 0.3) is 0 Å². The molecule has 7 heteroatoms. The number of ether oxygens (including phenoxy) is 3. The fraction of sp³-hybridized carbons (Fsp3) is 0.769. The van der Waals surface area contributed by atoms with E-state index < -0.39 is 12.1 Å². The molecule has 0 aliphatic rings. The van der Waals surface area contributed by atoms with E-state index in [9.17, 15) is 14.4 Å². The maximum absolute atomic E-state index is 10.3. The second-order valence-corrected chi connectivity index (χ2v) is 3.28. The smallest absolute Gasteiger partial charge is 0.334 e. The molecule has 0 aromatic heterocycles. The number of aliphatic hydroxyl groups is 1. The standard InChI is InChI=1S/C5H10O3.2C4H8O2/c1-3-8-5(7)4(2)6;2*1-3-6-4(2)5/h4,6H,3H2,1-2H3;2*3H2,1-2H3. The number of aliphatic hydroxyl groups excluding tert-OH is 1. The quantitative estimate of drug-likeness (QED) is 0.611. The van der Waals surface area contributed by atoms with Crippen LogP contribution in [0.3, 0.4) is 0 Å². The molecule has 0 fully saturated rings. The number of esters is 3. The van der Waals surface area contributed by atoms with Crippen molar-refractivity contribution in [2.24, 2.45) is 0 Å². The summed E-state index contributed by atoms with van der Waals surface area (Å²) in [6.45, 7) is 10.7. The molecule has 1 atom stereocenters. The topological polar surface area (TPSA) is 99.1 Å². The highest BCUT2D eigenvalue weighted by Gasteiger charge is 2.07. The molecule has 0 bridgehead atoms. The van der Waals surface area contributed by atoms with Crippen LogP contribution in [0.15, 0.2) is 0 Å². The molecule has 0 saturated heterocycles. The first-order chi connectivity index (χ1) is 9.22. The van der Waals surface area contributed by atoms with Crippen molar-refractivity contribution in [3.8, 4) is 0 Å². The monoisotopic (exact) mass is 294 g/mol. The molecule has 0 aromatic carbocycles. The predicted molar refractivity (Wildman–Crippen MR) is 72.9 cm³/mol. The third kappa shape index (κ3) is 29.9. The molecular formula is C13H26O7. The van der Waals surface area contributed by atoms with Gasteiger partial charge in [-0.1, -0.05) is 0 Å². The van der Waals surface area contributed by atoms with Gasteiger partial charge in [0.05, 0.1) is 19.8 Å². The van der Waals surface area contributed by atoms with Crippen LogP contribution in [0.1, 0.15) is 41.5 Å². The average molecular weight is 294 g/mol. The lowest BCUT2D eigenvalue weighted by molar-refractivity contribution is -0.152. The van der Waals surface area contributed by atoms with E-state index in [-0.39, 0.29) is 11.9 Å². The Morgan fingerprint density at radius 1 is 0.850 bits per heavy atom. The van der Waals surface area contributed by atoms with E-state index >= 15 is 0 Å². The highest BCUT2D eigenvalue weighted by atomic mass is 16.5. The molecule has 0 radical (unpaired) electrons. The molecule has 0 rings (SSSR count). The molecule has 7 nitrogen and oxygen atoms in total. The van der Waals surface area contributed by atoms with Gasteiger partial charge < -0.3 is 19.3 Å². The Bertz CT molecular complexity index is 245. The number of hydrogen-bond acceptors (Lipinski definition) is 7. The summed E-state index contributed by atoms with van der Waals surface area (Å²) in [5, 5.41) is 8.48. The van der Waals surface area contributed by atoms with Crippen molar-refractivity contribution in [2.75, 3.05) is 19.8 Å².